The van der Waals surface area contributed by atoms with Gasteiger partial charge in [0, 0.05) is 4.47 Å². The number of hydrogen-bond acceptors (Lipinski definition) is 4. The van der Waals surface area contributed by atoms with Crippen molar-refractivity contribution in [2.75, 3.05) is 6.61 Å². The van der Waals surface area contributed by atoms with Crippen molar-refractivity contribution >= 4 is 21.9 Å². The van der Waals surface area contributed by atoms with Crippen LogP contribution in [0.2, 0.25) is 0 Å². The summed E-state index contributed by atoms with van der Waals surface area (Å²) in [4.78, 5) is 11.8. The third kappa shape index (κ3) is 4.48. The molecule has 2 rings (SSSR count). The minimum Gasteiger partial charge on any atom is -0.508 e. The van der Waals surface area contributed by atoms with E-state index in [-0.39, 0.29) is 11.7 Å². The molecule has 0 amide bonds. The number of ether oxygens (including phenoxy) is 2. The van der Waals surface area contributed by atoms with E-state index in [9.17, 15) is 9.90 Å². The fourth-order valence-electron chi connectivity index (χ4n) is 2.17. The molecule has 0 saturated carbocycles. The maximum absolute atomic E-state index is 11.8. The quantitative estimate of drug-likeness (QED) is 0.749. The first-order valence-electron chi connectivity index (χ1n) is 7.47. The van der Waals surface area contributed by atoms with Gasteiger partial charge < -0.3 is 14.6 Å². The summed E-state index contributed by atoms with van der Waals surface area (Å²) in [6, 6.07) is 12.5. The number of benzene rings is 2. The molecule has 0 fully saturated rings. The number of esters is 1. The smallest absolute Gasteiger partial charge is 0.347 e. The molecular weight excluding hydrogens is 360 g/mol. The van der Waals surface area contributed by atoms with Gasteiger partial charge in [-0.1, -0.05) is 35.0 Å². The second kappa shape index (κ2) is 8.02. The largest absolute Gasteiger partial charge is 0.508 e. The minimum absolute atomic E-state index is 0.211. The number of phenols is 1. The summed E-state index contributed by atoms with van der Waals surface area (Å²) in [7, 11) is 0. The minimum atomic E-state index is -0.617. The van der Waals surface area contributed by atoms with E-state index in [1.54, 1.807) is 37.3 Å². The molecule has 5 heteroatoms. The predicted molar refractivity (Wildman–Crippen MR) is 92.6 cm³/mol. The van der Waals surface area contributed by atoms with E-state index in [0.717, 1.165) is 15.6 Å². The number of hydrogen-bond donors (Lipinski definition) is 1. The fraction of sp³-hybridized carbons (Fsp3) is 0.278. The number of aromatic hydroxyl groups is 1. The van der Waals surface area contributed by atoms with Gasteiger partial charge in [0.1, 0.15) is 11.5 Å². The molecule has 0 aliphatic carbocycles. The summed E-state index contributed by atoms with van der Waals surface area (Å²) in [6.07, 6.45) is -0.0847. The molecule has 0 spiro atoms. The highest BCUT2D eigenvalue weighted by Gasteiger charge is 2.20. The van der Waals surface area contributed by atoms with Gasteiger partial charge in [-0.15, -0.1) is 0 Å². The van der Waals surface area contributed by atoms with Gasteiger partial charge in [-0.2, -0.15) is 0 Å². The topological polar surface area (TPSA) is 55.8 Å². The molecule has 0 bridgehead atoms. The Balaban J connectivity index is 2.20. The maximum Gasteiger partial charge on any atom is 0.347 e. The average molecular weight is 379 g/mol. The first-order valence-corrected chi connectivity index (χ1v) is 8.26. The number of carbonyl (C=O) groups is 1. The van der Waals surface area contributed by atoms with Gasteiger partial charge in [0.2, 0.25) is 0 Å². The normalized spacial score (nSPS) is 11.8. The SMILES string of the molecule is CCOC(=O)C(CC)Oc1ccc(-c2cccc(O)c2)c(Br)c1. The van der Waals surface area contributed by atoms with Gasteiger partial charge in [-0.3, -0.25) is 0 Å². The summed E-state index contributed by atoms with van der Waals surface area (Å²) in [5, 5.41) is 9.59. The Labute approximate surface area is 144 Å². The van der Waals surface area contributed by atoms with Gasteiger partial charge >= 0.3 is 5.97 Å². The third-order valence-electron chi connectivity index (χ3n) is 3.30. The first-order chi connectivity index (χ1) is 11.0. The van der Waals surface area contributed by atoms with Gasteiger partial charge in [0.05, 0.1) is 6.61 Å². The second-order valence-electron chi connectivity index (χ2n) is 4.96. The van der Waals surface area contributed by atoms with E-state index in [2.05, 4.69) is 15.9 Å². The molecule has 0 aliphatic rings. The Morgan fingerprint density at radius 1 is 1.22 bits per heavy atom. The molecule has 0 aromatic heterocycles. The molecule has 2 aromatic rings. The van der Waals surface area contributed by atoms with Crippen LogP contribution in [-0.4, -0.2) is 23.8 Å². The number of carbonyl (C=O) groups excluding carboxylic acids is 1. The Bertz CT molecular complexity index is 684. The van der Waals surface area contributed by atoms with Crippen LogP contribution in [0, 0.1) is 0 Å². The zero-order valence-corrected chi connectivity index (χ0v) is 14.7. The number of rotatable bonds is 6. The van der Waals surface area contributed by atoms with Crippen molar-refractivity contribution in [2.45, 2.75) is 26.4 Å². The van der Waals surface area contributed by atoms with E-state index in [4.69, 9.17) is 9.47 Å². The lowest BCUT2D eigenvalue weighted by Crippen LogP contribution is -2.28. The lowest BCUT2D eigenvalue weighted by atomic mass is 10.1. The zero-order chi connectivity index (χ0) is 16.8. The standard InChI is InChI=1S/C18H19BrO4/c1-3-17(18(21)22-4-2)23-14-8-9-15(16(19)11-14)12-6-5-7-13(20)10-12/h5-11,17,20H,3-4H2,1-2H3. The summed E-state index contributed by atoms with van der Waals surface area (Å²) >= 11 is 3.51. The van der Waals surface area contributed by atoms with E-state index in [0.29, 0.717) is 18.8 Å². The second-order valence-corrected chi connectivity index (χ2v) is 5.81. The van der Waals surface area contributed by atoms with E-state index in [1.165, 1.54) is 0 Å². The maximum atomic E-state index is 11.8. The molecular formula is C18H19BrO4. The summed E-state index contributed by atoms with van der Waals surface area (Å²) < 4.78 is 11.5. The lowest BCUT2D eigenvalue weighted by Gasteiger charge is -2.17. The average Bonchev–Trinajstić information content (AvgIpc) is 2.52. The first kappa shape index (κ1) is 17.3. The highest BCUT2D eigenvalue weighted by molar-refractivity contribution is 9.10. The van der Waals surface area contributed by atoms with E-state index in [1.807, 2.05) is 19.1 Å². The van der Waals surface area contributed by atoms with Crippen LogP contribution in [0.15, 0.2) is 46.9 Å². The Hall–Kier alpha value is -2.01. The van der Waals surface area contributed by atoms with Gasteiger partial charge in [0.25, 0.3) is 0 Å². The Morgan fingerprint density at radius 3 is 2.61 bits per heavy atom. The van der Waals surface area contributed by atoms with E-state index < -0.39 is 6.10 Å². The highest BCUT2D eigenvalue weighted by Crippen LogP contribution is 2.33. The van der Waals surface area contributed by atoms with Crippen LogP contribution in [-0.2, 0) is 9.53 Å². The van der Waals surface area contributed by atoms with Crippen LogP contribution < -0.4 is 4.74 Å². The van der Waals surface area contributed by atoms with Crippen LogP contribution in [0.25, 0.3) is 11.1 Å². The predicted octanol–water partition coefficient (Wildman–Crippen LogP) is 4.54. The molecule has 2 aromatic carbocycles. The molecule has 0 radical (unpaired) electrons. The Kier molecular flexibility index (Phi) is 6.04. The van der Waals surface area contributed by atoms with Gasteiger partial charge in [0.15, 0.2) is 6.10 Å². The van der Waals surface area contributed by atoms with Crippen molar-refractivity contribution in [2.24, 2.45) is 0 Å². The van der Waals surface area contributed by atoms with Crippen molar-refractivity contribution < 1.29 is 19.4 Å². The molecule has 1 atom stereocenters. The third-order valence-corrected chi connectivity index (χ3v) is 3.95. The molecule has 0 heterocycles. The van der Waals surface area contributed by atoms with Crippen molar-refractivity contribution in [1.29, 1.82) is 0 Å². The van der Waals surface area contributed by atoms with Crippen molar-refractivity contribution in [3.05, 3.63) is 46.9 Å². The molecule has 1 unspecified atom stereocenters. The molecule has 23 heavy (non-hydrogen) atoms. The number of phenolic OH excluding ortho intramolecular Hbond substituents is 1. The van der Waals surface area contributed by atoms with Gasteiger partial charge in [-0.25, -0.2) is 4.79 Å². The summed E-state index contributed by atoms with van der Waals surface area (Å²) in [5.74, 6) is 0.437. The summed E-state index contributed by atoms with van der Waals surface area (Å²) in [6.45, 7) is 3.97. The van der Waals surface area contributed by atoms with Crippen LogP contribution in [0.5, 0.6) is 11.5 Å². The van der Waals surface area contributed by atoms with Crippen molar-refractivity contribution in [3.63, 3.8) is 0 Å². The lowest BCUT2D eigenvalue weighted by molar-refractivity contribution is -0.151. The molecule has 1 N–H and O–H groups in total. The van der Waals surface area contributed by atoms with Gasteiger partial charge in [-0.05, 0) is 54.8 Å². The van der Waals surface area contributed by atoms with E-state index >= 15 is 0 Å². The molecule has 122 valence electrons. The number of halogens is 1. The van der Waals surface area contributed by atoms with Crippen molar-refractivity contribution in [1.82, 2.24) is 0 Å². The molecule has 0 saturated heterocycles. The van der Waals surface area contributed by atoms with Crippen LogP contribution in [0.3, 0.4) is 0 Å². The Morgan fingerprint density at radius 2 is 2.00 bits per heavy atom. The summed E-state index contributed by atoms with van der Waals surface area (Å²) in [5.41, 5.74) is 1.82. The van der Waals surface area contributed by atoms with Crippen LogP contribution in [0.1, 0.15) is 20.3 Å². The monoisotopic (exact) mass is 378 g/mol. The van der Waals surface area contributed by atoms with Crippen molar-refractivity contribution in [3.8, 4) is 22.6 Å². The van der Waals surface area contributed by atoms with Crippen LogP contribution in [0.4, 0.5) is 0 Å². The van der Waals surface area contributed by atoms with Crippen LogP contribution >= 0.6 is 15.9 Å². The fourth-order valence-corrected chi connectivity index (χ4v) is 2.76. The molecule has 0 aliphatic heterocycles. The molecule has 4 nitrogen and oxygen atoms in total. The highest BCUT2D eigenvalue weighted by atomic mass is 79.9. The zero-order valence-electron chi connectivity index (χ0n) is 13.1.